The molecule has 11 heteroatoms. The van der Waals surface area contributed by atoms with Crippen LogP contribution in [-0.2, 0) is 32.7 Å². The molecular formula is C31H40BrN3O6S. The van der Waals surface area contributed by atoms with Gasteiger partial charge in [0.2, 0.25) is 0 Å². The summed E-state index contributed by atoms with van der Waals surface area (Å²) in [5.74, 6) is 0.0178. The van der Waals surface area contributed by atoms with Gasteiger partial charge in [0.05, 0.1) is 19.1 Å². The summed E-state index contributed by atoms with van der Waals surface area (Å²) in [5, 5.41) is 1.00. The summed E-state index contributed by atoms with van der Waals surface area (Å²) in [7, 11) is 0.361. The van der Waals surface area contributed by atoms with Crippen LogP contribution in [0.25, 0.3) is 10.9 Å². The van der Waals surface area contributed by atoms with Crippen LogP contribution in [0.4, 0.5) is 0 Å². The number of amides is 1. The van der Waals surface area contributed by atoms with E-state index in [1.807, 2.05) is 35.8 Å². The lowest BCUT2D eigenvalue weighted by molar-refractivity contribution is -0.155. The number of methoxy groups -OCH3 is 1. The van der Waals surface area contributed by atoms with Crippen molar-refractivity contribution in [3.63, 3.8) is 0 Å². The van der Waals surface area contributed by atoms with E-state index in [1.54, 1.807) is 26.2 Å². The van der Waals surface area contributed by atoms with Crippen LogP contribution in [0, 0.1) is 5.41 Å². The van der Waals surface area contributed by atoms with Gasteiger partial charge in [-0.1, -0.05) is 41.3 Å². The Balaban J connectivity index is 1.81. The minimum Gasteiger partial charge on any atom is -0.497 e. The number of aromatic nitrogens is 1. The number of hydrogen-bond acceptors (Lipinski definition) is 6. The first kappa shape index (κ1) is 32.0. The molecule has 1 saturated carbocycles. The lowest BCUT2D eigenvalue weighted by atomic mass is 9.83. The van der Waals surface area contributed by atoms with Crippen LogP contribution in [0.2, 0.25) is 0 Å². The number of nitrogens with one attached hydrogen (secondary N) is 1. The van der Waals surface area contributed by atoms with E-state index in [0.717, 1.165) is 50.9 Å². The molecule has 2 aromatic carbocycles. The number of esters is 1. The monoisotopic (exact) mass is 661 g/mol. The summed E-state index contributed by atoms with van der Waals surface area (Å²) in [6.07, 6.45) is 8.17. The molecule has 0 aliphatic heterocycles. The number of benzene rings is 2. The summed E-state index contributed by atoms with van der Waals surface area (Å²) in [6, 6.07) is 10.9. The molecule has 1 aliphatic rings. The molecule has 0 bridgehead atoms. The molecule has 0 unspecified atom stereocenters. The number of fused-ring (bicyclic) bond motifs is 1. The molecule has 0 radical (unpaired) electrons. The van der Waals surface area contributed by atoms with Gasteiger partial charge >= 0.3 is 16.2 Å². The fraction of sp³-hybridized carbons (Fsp3) is 0.484. The highest BCUT2D eigenvalue weighted by Gasteiger charge is 2.37. The van der Waals surface area contributed by atoms with E-state index in [9.17, 15) is 18.0 Å². The van der Waals surface area contributed by atoms with E-state index in [0.29, 0.717) is 24.6 Å². The maximum atomic E-state index is 13.6. The Hall–Kier alpha value is -2.89. The molecule has 1 aliphatic carbocycles. The van der Waals surface area contributed by atoms with E-state index in [4.69, 9.17) is 9.47 Å². The third-order valence-electron chi connectivity index (χ3n) is 8.04. The van der Waals surface area contributed by atoms with Crippen molar-refractivity contribution < 1.29 is 27.5 Å². The van der Waals surface area contributed by atoms with Crippen LogP contribution in [0.3, 0.4) is 0 Å². The van der Waals surface area contributed by atoms with Gasteiger partial charge < -0.3 is 14.0 Å². The first-order valence-corrected chi connectivity index (χ1v) is 16.5. The van der Waals surface area contributed by atoms with Crippen LogP contribution in [0.5, 0.6) is 5.75 Å². The Morgan fingerprint density at radius 3 is 2.48 bits per heavy atom. The zero-order valence-electron chi connectivity index (χ0n) is 24.9. The van der Waals surface area contributed by atoms with Crippen LogP contribution in [0.1, 0.15) is 73.4 Å². The number of carbonyl (C=O) groups is 2. The van der Waals surface area contributed by atoms with Crippen molar-refractivity contribution in [1.82, 2.24) is 13.6 Å². The molecule has 3 aromatic rings. The van der Waals surface area contributed by atoms with Crippen LogP contribution in [-0.4, -0.2) is 57.0 Å². The Kier molecular flexibility index (Phi) is 10.1. The minimum absolute atomic E-state index is 0.218. The smallest absolute Gasteiger partial charge is 0.313 e. The fourth-order valence-electron chi connectivity index (χ4n) is 5.71. The average Bonchev–Trinajstić information content (AvgIpc) is 3.31. The lowest BCUT2D eigenvalue weighted by Gasteiger charge is -2.29. The zero-order chi connectivity index (χ0) is 30.7. The Labute approximate surface area is 256 Å². The molecule has 0 saturated heterocycles. The highest BCUT2D eigenvalue weighted by Crippen LogP contribution is 2.40. The third-order valence-corrected chi connectivity index (χ3v) is 10.2. The third kappa shape index (κ3) is 7.01. The van der Waals surface area contributed by atoms with Gasteiger partial charge in [-0.2, -0.15) is 12.7 Å². The molecule has 1 N–H and O–H groups in total. The standard InChI is InChI=1S/C31H40BrN3O6S/c1-6-41-30(37)31(2,18-23-16-24(40-5)13-15-27(23)32)20-35-19-26(21-10-8-7-9-11-21)25-14-12-22(17-28(25)35)29(36)33-42(38,39)34(3)4/h12-17,19,21H,6-11,18,20H2,1-5H3,(H,33,36)/t31-/m1/s1. The van der Waals surface area contributed by atoms with E-state index in [-0.39, 0.29) is 18.1 Å². The second-order valence-electron chi connectivity index (χ2n) is 11.4. The molecule has 1 atom stereocenters. The number of nitrogens with zero attached hydrogens (tertiary/aromatic N) is 2. The maximum absolute atomic E-state index is 13.6. The average molecular weight is 663 g/mol. The number of hydrogen-bond donors (Lipinski definition) is 1. The molecule has 0 spiro atoms. The van der Waals surface area contributed by atoms with Gasteiger partial charge in [-0.05, 0) is 80.5 Å². The van der Waals surface area contributed by atoms with Crippen LogP contribution < -0.4 is 9.46 Å². The second kappa shape index (κ2) is 13.2. The lowest BCUT2D eigenvalue weighted by Crippen LogP contribution is -2.39. The van der Waals surface area contributed by atoms with Gasteiger partial charge in [-0.15, -0.1) is 0 Å². The molecule has 4 rings (SSSR count). The summed E-state index contributed by atoms with van der Waals surface area (Å²) in [4.78, 5) is 26.6. The topological polar surface area (TPSA) is 107 Å². The number of halogens is 1. The van der Waals surface area contributed by atoms with Gasteiger partial charge in [0.15, 0.2) is 0 Å². The van der Waals surface area contributed by atoms with Gasteiger partial charge in [-0.25, -0.2) is 4.72 Å². The van der Waals surface area contributed by atoms with Crippen LogP contribution >= 0.6 is 15.9 Å². The zero-order valence-corrected chi connectivity index (χ0v) is 27.3. The second-order valence-corrected chi connectivity index (χ2v) is 14.2. The number of rotatable bonds is 11. The Bertz CT molecular complexity index is 1560. The molecule has 1 heterocycles. The van der Waals surface area contributed by atoms with Crippen molar-refractivity contribution in [2.24, 2.45) is 5.41 Å². The van der Waals surface area contributed by atoms with Gasteiger partial charge in [-0.3, -0.25) is 9.59 Å². The predicted octanol–water partition coefficient (Wildman–Crippen LogP) is 5.81. The van der Waals surface area contributed by atoms with E-state index >= 15 is 0 Å². The SMILES string of the molecule is CCOC(=O)[C@](C)(Cc1cc(OC)ccc1Br)Cn1cc(C2CCCCC2)c2ccc(C(=O)NS(=O)(=O)N(C)C)cc21. The highest BCUT2D eigenvalue weighted by molar-refractivity contribution is 9.10. The maximum Gasteiger partial charge on any atom is 0.313 e. The molecular weight excluding hydrogens is 622 g/mol. The van der Waals surface area contributed by atoms with E-state index < -0.39 is 21.5 Å². The predicted molar refractivity (Wildman–Crippen MR) is 167 cm³/mol. The summed E-state index contributed by atoms with van der Waals surface area (Å²) in [6.45, 7) is 4.22. The van der Waals surface area contributed by atoms with Gasteiger partial charge in [0.1, 0.15) is 5.75 Å². The van der Waals surface area contributed by atoms with Crippen molar-refractivity contribution in [3.05, 3.63) is 63.8 Å². The number of carbonyl (C=O) groups excluding carboxylic acids is 2. The quantitative estimate of drug-likeness (QED) is 0.260. The number of ether oxygens (including phenoxy) is 2. The fourth-order valence-corrected chi connectivity index (χ4v) is 6.63. The van der Waals surface area contributed by atoms with Crippen molar-refractivity contribution in [2.75, 3.05) is 27.8 Å². The molecule has 1 amide bonds. The van der Waals surface area contributed by atoms with Gasteiger partial charge in [0.25, 0.3) is 5.91 Å². The van der Waals surface area contributed by atoms with Crippen molar-refractivity contribution >= 4 is 48.9 Å². The molecule has 42 heavy (non-hydrogen) atoms. The first-order chi connectivity index (χ1) is 19.9. The molecule has 1 aromatic heterocycles. The van der Waals surface area contributed by atoms with E-state index in [1.165, 1.54) is 26.1 Å². The summed E-state index contributed by atoms with van der Waals surface area (Å²) >= 11 is 3.63. The Morgan fingerprint density at radius 1 is 1.12 bits per heavy atom. The molecule has 1 fully saturated rings. The largest absolute Gasteiger partial charge is 0.497 e. The molecule has 9 nitrogen and oxygen atoms in total. The van der Waals surface area contributed by atoms with E-state index in [2.05, 4.69) is 26.8 Å². The van der Waals surface area contributed by atoms with Crippen molar-refractivity contribution in [3.8, 4) is 5.75 Å². The normalized spacial score (nSPS) is 15.9. The highest BCUT2D eigenvalue weighted by atomic mass is 79.9. The van der Waals surface area contributed by atoms with Crippen molar-refractivity contribution in [2.45, 2.75) is 64.8 Å². The summed E-state index contributed by atoms with van der Waals surface area (Å²) < 4.78 is 41.7. The van der Waals surface area contributed by atoms with Crippen molar-refractivity contribution in [1.29, 1.82) is 0 Å². The Morgan fingerprint density at radius 2 is 1.83 bits per heavy atom. The molecule has 228 valence electrons. The summed E-state index contributed by atoms with van der Waals surface area (Å²) in [5.41, 5.74) is 2.11. The minimum atomic E-state index is -3.96. The first-order valence-electron chi connectivity index (χ1n) is 14.3. The van der Waals surface area contributed by atoms with Gasteiger partial charge in [0, 0.05) is 47.8 Å². The van der Waals surface area contributed by atoms with Crippen LogP contribution in [0.15, 0.2) is 47.1 Å².